The van der Waals surface area contributed by atoms with E-state index in [0.29, 0.717) is 17.9 Å². The summed E-state index contributed by atoms with van der Waals surface area (Å²) in [5.74, 6) is -0.446. The molecule has 0 radical (unpaired) electrons. The molecule has 0 aliphatic carbocycles. The summed E-state index contributed by atoms with van der Waals surface area (Å²) in [5, 5.41) is 11.7. The smallest absolute Gasteiger partial charge is 0.279 e. The van der Waals surface area contributed by atoms with Crippen LogP contribution in [-0.4, -0.2) is 25.9 Å². The molecular formula is C20H16FN5O. The first-order valence-electron chi connectivity index (χ1n) is 8.54. The number of fused-ring (bicyclic) bond motifs is 1. The minimum atomic E-state index is -0.433. The highest BCUT2D eigenvalue weighted by molar-refractivity contribution is 6.03. The molecule has 7 heteroatoms. The van der Waals surface area contributed by atoms with Gasteiger partial charge in [-0.15, -0.1) is 5.10 Å². The van der Waals surface area contributed by atoms with Gasteiger partial charge in [-0.05, 0) is 36.8 Å². The van der Waals surface area contributed by atoms with E-state index in [0.717, 1.165) is 10.9 Å². The van der Waals surface area contributed by atoms with Gasteiger partial charge in [-0.3, -0.25) is 4.79 Å². The molecule has 4 aromatic rings. The number of carbonyl (C=O) groups excluding carboxylic acids is 1. The fourth-order valence-corrected chi connectivity index (χ4v) is 2.92. The Kier molecular flexibility index (Phi) is 4.33. The van der Waals surface area contributed by atoms with Crippen LogP contribution < -0.4 is 5.32 Å². The maximum atomic E-state index is 14.1. The van der Waals surface area contributed by atoms with Crippen molar-refractivity contribution in [1.82, 2.24) is 20.0 Å². The van der Waals surface area contributed by atoms with E-state index in [1.807, 2.05) is 37.3 Å². The fraction of sp³-hybridized carbons (Fsp3) is 0.100. The summed E-state index contributed by atoms with van der Waals surface area (Å²) < 4.78 is 15.5. The Labute approximate surface area is 154 Å². The van der Waals surface area contributed by atoms with E-state index in [4.69, 9.17) is 0 Å². The predicted octanol–water partition coefficient (Wildman–Crippen LogP) is 3.77. The highest BCUT2D eigenvalue weighted by Gasteiger charge is 2.21. The predicted molar refractivity (Wildman–Crippen MR) is 100 cm³/mol. The summed E-state index contributed by atoms with van der Waals surface area (Å²) in [5.41, 5.74) is 1.71. The largest absolute Gasteiger partial charge is 0.305 e. The number of carbonyl (C=O) groups is 1. The molecule has 6 nitrogen and oxygen atoms in total. The van der Waals surface area contributed by atoms with E-state index in [1.54, 1.807) is 24.3 Å². The van der Waals surface area contributed by atoms with Crippen molar-refractivity contribution in [2.75, 3.05) is 5.32 Å². The number of benzene rings is 2. The summed E-state index contributed by atoms with van der Waals surface area (Å²) in [6, 6.07) is 17.5. The first-order chi connectivity index (χ1) is 13.2. The highest BCUT2D eigenvalue weighted by atomic mass is 19.1. The summed E-state index contributed by atoms with van der Waals surface area (Å²) in [4.78, 5) is 17.1. The van der Waals surface area contributed by atoms with Gasteiger partial charge in [0, 0.05) is 5.39 Å². The van der Waals surface area contributed by atoms with E-state index < -0.39 is 11.7 Å². The number of aromatic nitrogens is 4. The van der Waals surface area contributed by atoms with Crippen LogP contribution in [0.4, 0.5) is 10.2 Å². The van der Waals surface area contributed by atoms with Crippen LogP contribution in [0.5, 0.6) is 0 Å². The van der Waals surface area contributed by atoms with Gasteiger partial charge in [-0.1, -0.05) is 42.5 Å². The number of anilines is 1. The molecule has 0 unspecified atom stereocenters. The summed E-state index contributed by atoms with van der Waals surface area (Å²) in [6.07, 6.45) is 0.467. The molecule has 4 rings (SSSR count). The molecule has 0 aliphatic heterocycles. The van der Waals surface area contributed by atoms with Crippen LogP contribution in [0.25, 0.3) is 16.6 Å². The molecule has 0 atom stereocenters. The Hall–Kier alpha value is -3.61. The van der Waals surface area contributed by atoms with Crippen molar-refractivity contribution in [2.45, 2.75) is 13.3 Å². The third-order valence-corrected chi connectivity index (χ3v) is 4.23. The summed E-state index contributed by atoms with van der Waals surface area (Å²) in [6.45, 7) is 1.86. The van der Waals surface area contributed by atoms with Gasteiger partial charge < -0.3 is 5.32 Å². The normalized spacial score (nSPS) is 10.9. The van der Waals surface area contributed by atoms with Crippen LogP contribution in [0.1, 0.15) is 23.1 Å². The van der Waals surface area contributed by atoms with Crippen molar-refractivity contribution >= 4 is 22.6 Å². The molecule has 0 saturated carbocycles. The number of para-hydroxylation sites is 2. The molecule has 27 heavy (non-hydrogen) atoms. The van der Waals surface area contributed by atoms with E-state index in [9.17, 15) is 9.18 Å². The Balaban J connectivity index is 1.66. The van der Waals surface area contributed by atoms with Gasteiger partial charge in [0.05, 0.1) is 11.2 Å². The lowest BCUT2D eigenvalue weighted by molar-refractivity contribution is 0.102. The molecule has 2 aromatic heterocycles. The van der Waals surface area contributed by atoms with Crippen LogP contribution in [0.3, 0.4) is 0 Å². The first kappa shape index (κ1) is 16.8. The SMILES string of the molecule is CCc1c(C(=O)Nc2ccc3ccccc3n2)nnn1-c1ccccc1F. The molecule has 1 amide bonds. The first-order valence-corrected chi connectivity index (χ1v) is 8.54. The number of hydrogen-bond donors (Lipinski definition) is 1. The Morgan fingerprint density at radius 3 is 2.67 bits per heavy atom. The zero-order chi connectivity index (χ0) is 18.8. The standard InChI is InChI=1S/C20H16FN5O/c1-2-16-19(24-25-26(16)17-10-6-4-8-14(17)21)20(27)23-18-12-11-13-7-3-5-9-15(13)22-18/h3-12H,2H2,1H3,(H,22,23,27). The van der Waals surface area contributed by atoms with Crippen molar-refractivity contribution in [2.24, 2.45) is 0 Å². The van der Waals surface area contributed by atoms with Gasteiger partial charge in [0.2, 0.25) is 0 Å². The van der Waals surface area contributed by atoms with Crippen molar-refractivity contribution in [1.29, 1.82) is 0 Å². The van der Waals surface area contributed by atoms with E-state index in [1.165, 1.54) is 10.7 Å². The molecule has 134 valence electrons. The van der Waals surface area contributed by atoms with Gasteiger partial charge in [-0.2, -0.15) is 0 Å². The Morgan fingerprint density at radius 1 is 1.07 bits per heavy atom. The molecule has 0 bridgehead atoms. The number of nitrogens with zero attached hydrogens (tertiary/aromatic N) is 4. The molecule has 1 N–H and O–H groups in total. The summed E-state index contributed by atoms with van der Waals surface area (Å²) in [7, 11) is 0. The molecule has 2 aromatic carbocycles. The lowest BCUT2D eigenvalue weighted by Gasteiger charge is -2.07. The van der Waals surface area contributed by atoms with E-state index in [2.05, 4.69) is 20.6 Å². The van der Waals surface area contributed by atoms with E-state index >= 15 is 0 Å². The molecule has 0 fully saturated rings. The van der Waals surface area contributed by atoms with Crippen molar-refractivity contribution in [3.63, 3.8) is 0 Å². The Bertz CT molecular complexity index is 1140. The molecule has 2 heterocycles. The zero-order valence-corrected chi connectivity index (χ0v) is 14.6. The lowest BCUT2D eigenvalue weighted by atomic mass is 10.2. The highest BCUT2D eigenvalue weighted by Crippen LogP contribution is 2.19. The topological polar surface area (TPSA) is 72.7 Å². The van der Waals surface area contributed by atoms with Crippen molar-refractivity contribution in [3.05, 3.63) is 77.9 Å². The van der Waals surface area contributed by atoms with Crippen LogP contribution in [0.2, 0.25) is 0 Å². The molecule has 0 saturated heterocycles. The monoisotopic (exact) mass is 361 g/mol. The Morgan fingerprint density at radius 2 is 1.85 bits per heavy atom. The quantitative estimate of drug-likeness (QED) is 0.601. The van der Waals surface area contributed by atoms with Crippen LogP contribution >= 0.6 is 0 Å². The average molecular weight is 361 g/mol. The second kappa shape index (κ2) is 6.95. The summed E-state index contributed by atoms with van der Waals surface area (Å²) >= 11 is 0. The number of nitrogens with one attached hydrogen (secondary N) is 1. The third-order valence-electron chi connectivity index (χ3n) is 4.23. The minimum absolute atomic E-state index is 0.149. The second-order valence-corrected chi connectivity index (χ2v) is 5.94. The second-order valence-electron chi connectivity index (χ2n) is 5.94. The third kappa shape index (κ3) is 3.15. The number of halogens is 1. The maximum Gasteiger partial charge on any atom is 0.279 e. The maximum absolute atomic E-state index is 14.1. The minimum Gasteiger partial charge on any atom is -0.305 e. The average Bonchev–Trinajstić information content (AvgIpc) is 3.12. The fourth-order valence-electron chi connectivity index (χ4n) is 2.92. The number of hydrogen-bond acceptors (Lipinski definition) is 4. The number of pyridine rings is 1. The van der Waals surface area contributed by atoms with Gasteiger partial charge in [0.25, 0.3) is 5.91 Å². The van der Waals surface area contributed by atoms with E-state index in [-0.39, 0.29) is 11.4 Å². The molecule has 0 spiro atoms. The van der Waals surface area contributed by atoms with Crippen LogP contribution in [0.15, 0.2) is 60.7 Å². The van der Waals surface area contributed by atoms with Gasteiger partial charge in [-0.25, -0.2) is 14.1 Å². The van der Waals surface area contributed by atoms with Crippen molar-refractivity contribution in [3.8, 4) is 5.69 Å². The zero-order valence-electron chi connectivity index (χ0n) is 14.6. The molecule has 0 aliphatic rings. The van der Waals surface area contributed by atoms with Crippen LogP contribution in [-0.2, 0) is 6.42 Å². The van der Waals surface area contributed by atoms with Crippen LogP contribution in [0, 0.1) is 5.82 Å². The lowest BCUT2D eigenvalue weighted by Crippen LogP contribution is -2.16. The van der Waals surface area contributed by atoms with Gasteiger partial charge in [0.15, 0.2) is 5.69 Å². The van der Waals surface area contributed by atoms with Gasteiger partial charge >= 0.3 is 0 Å². The number of rotatable bonds is 4. The molecular weight excluding hydrogens is 345 g/mol. The number of amides is 1. The van der Waals surface area contributed by atoms with Crippen molar-refractivity contribution < 1.29 is 9.18 Å². The van der Waals surface area contributed by atoms with Gasteiger partial charge in [0.1, 0.15) is 17.3 Å².